The fourth-order valence-electron chi connectivity index (χ4n) is 3.02. The minimum absolute atomic E-state index is 0.172. The molecule has 0 bridgehead atoms. The summed E-state index contributed by atoms with van der Waals surface area (Å²) < 4.78 is 7.59. The lowest BCUT2D eigenvalue weighted by Gasteiger charge is -2.17. The third-order valence-corrected chi connectivity index (χ3v) is 4.81. The van der Waals surface area contributed by atoms with Crippen LogP contribution >= 0.6 is 11.6 Å². The molecule has 28 heavy (non-hydrogen) atoms. The van der Waals surface area contributed by atoms with Gasteiger partial charge in [0.1, 0.15) is 11.6 Å². The van der Waals surface area contributed by atoms with E-state index in [4.69, 9.17) is 16.3 Å². The maximum Gasteiger partial charge on any atom is 0.344 e. The first-order valence-corrected chi connectivity index (χ1v) is 10.1. The highest BCUT2D eigenvalue weighted by atomic mass is 35.5. The van der Waals surface area contributed by atoms with Crippen LogP contribution in [0, 0.1) is 5.92 Å². The summed E-state index contributed by atoms with van der Waals surface area (Å²) >= 11 is 6.18. The Hall–Kier alpha value is -2.05. The summed E-state index contributed by atoms with van der Waals surface area (Å²) in [5, 5.41) is 19.3. The summed E-state index contributed by atoms with van der Waals surface area (Å²) in [5.41, 5.74) is 1.60. The molecular weight excluding hydrogens is 380 g/mol. The van der Waals surface area contributed by atoms with Crippen molar-refractivity contribution in [1.82, 2.24) is 9.55 Å². The van der Waals surface area contributed by atoms with Crippen LogP contribution in [0.5, 0.6) is 5.75 Å². The average molecular weight is 409 g/mol. The number of imidazole rings is 1. The average Bonchev–Trinajstić information content (AvgIpc) is 2.94. The predicted octanol–water partition coefficient (Wildman–Crippen LogP) is 4.30. The monoisotopic (exact) mass is 408 g/mol. The van der Waals surface area contributed by atoms with Crippen molar-refractivity contribution < 1.29 is 19.7 Å². The van der Waals surface area contributed by atoms with Crippen LogP contribution in [0.2, 0.25) is 5.15 Å². The van der Waals surface area contributed by atoms with E-state index in [1.807, 2.05) is 30.5 Å². The number of nitrogens with zero attached hydrogens (tertiary/aromatic N) is 2. The van der Waals surface area contributed by atoms with Crippen LogP contribution in [-0.2, 0) is 24.4 Å². The molecule has 0 amide bonds. The van der Waals surface area contributed by atoms with Crippen molar-refractivity contribution in [2.45, 2.75) is 65.7 Å². The molecule has 0 spiro atoms. The van der Waals surface area contributed by atoms with E-state index in [-0.39, 0.29) is 12.5 Å². The number of ether oxygens (including phenoxy) is 1. The van der Waals surface area contributed by atoms with Gasteiger partial charge < -0.3 is 19.5 Å². The molecule has 0 saturated carbocycles. The summed E-state index contributed by atoms with van der Waals surface area (Å²) in [7, 11) is 0. The van der Waals surface area contributed by atoms with E-state index in [0.717, 1.165) is 30.7 Å². The Labute approximate surface area is 171 Å². The second kappa shape index (κ2) is 10.5. The predicted molar refractivity (Wildman–Crippen MR) is 109 cm³/mol. The second-order valence-corrected chi connectivity index (χ2v) is 7.69. The molecule has 0 aliphatic rings. The minimum Gasteiger partial charge on any atom is -0.479 e. The van der Waals surface area contributed by atoms with Crippen molar-refractivity contribution in [2.75, 3.05) is 0 Å². The summed E-state index contributed by atoms with van der Waals surface area (Å²) in [4.78, 5) is 15.8. The molecule has 7 heteroatoms. The highest BCUT2D eigenvalue weighted by Gasteiger charge is 2.21. The molecule has 154 valence electrons. The zero-order valence-electron chi connectivity index (χ0n) is 16.7. The zero-order valence-corrected chi connectivity index (χ0v) is 17.4. The van der Waals surface area contributed by atoms with Gasteiger partial charge in [-0.1, -0.05) is 50.9 Å². The Morgan fingerprint density at radius 3 is 2.50 bits per heavy atom. The third-order valence-electron chi connectivity index (χ3n) is 4.51. The fourth-order valence-corrected chi connectivity index (χ4v) is 3.28. The lowest BCUT2D eigenvalue weighted by Crippen LogP contribution is -2.28. The maximum atomic E-state index is 11.4. The highest BCUT2D eigenvalue weighted by Crippen LogP contribution is 2.22. The number of carbonyl (C=O) groups is 1. The molecule has 0 radical (unpaired) electrons. The molecule has 0 saturated heterocycles. The van der Waals surface area contributed by atoms with E-state index >= 15 is 0 Å². The molecule has 2 rings (SSSR count). The van der Waals surface area contributed by atoms with Gasteiger partial charge >= 0.3 is 5.97 Å². The first kappa shape index (κ1) is 22.2. The van der Waals surface area contributed by atoms with Gasteiger partial charge in [-0.2, -0.15) is 0 Å². The molecule has 0 aliphatic carbocycles. The normalized spacial score (nSPS) is 12.4. The van der Waals surface area contributed by atoms with Gasteiger partial charge in [-0.3, -0.25) is 0 Å². The minimum atomic E-state index is -0.959. The summed E-state index contributed by atoms with van der Waals surface area (Å²) in [5.74, 6) is 0.650. The molecule has 1 heterocycles. The summed E-state index contributed by atoms with van der Waals surface area (Å²) in [6.45, 7) is 6.41. The molecule has 6 nitrogen and oxygen atoms in total. The first-order valence-electron chi connectivity index (χ1n) is 9.68. The maximum absolute atomic E-state index is 11.4. The Morgan fingerprint density at radius 1 is 1.29 bits per heavy atom. The van der Waals surface area contributed by atoms with Crippen molar-refractivity contribution in [3.05, 3.63) is 46.5 Å². The molecule has 0 fully saturated rings. The molecule has 1 aromatic carbocycles. The number of carboxylic acids is 1. The third kappa shape index (κ3) is 5.97. The van der Waals surface area contributed by atoms with E-state index in [1.165, 1.54) is 0 Å². The van der Waals surface area contributed by atoms with Crippen LogP contribution in [0.3, 0.4) is 0 Å². The van der Waals surface area contributed by atoms with Gasteiger partial charge in [0.25, 0.3) is 0 Å². The van der Waals surface area contributed by atoms with Crippen LogP contribution < -0.4 is 4.74 Å². The number of hydrogen-bond acceptors (Lipinski definition) is 4. The Balaban J connectivity index is 2.15. The first-order chi connectivity index (χ1) is 13.3. The summed E-state index contributed by atoms with van der Waals surface area (Å²) in [6.07, 6.45) is 2.43. The number of halogens is 1. The Morgan fingerprint density at radius 2 is 1.96 bits per heavy atom. The smallest absolute Gasteiger partial charge is 0.344 e. The zero-order chi connectivity index (χ0) is 20.7. The molecule has 1 unspecified atom stereocenters. The van der Waals surface area contributed by atoms with Gasteiger partial charge in [0, 0.05) is 13.0 Å². The van der Waals surface area contributed by atoms with Crippen LogP contribution in [0.25, 0.3) is 0 Å². The number of carboxylic acid groups (broad SMARTS) is 1. The number of aromatic nitrogens is 2. The van der Waals surface area contributed by atoms with Crippen molar-refractivity contribution in [3.63, 3.8) is 0 Å². The number of aliphatic carboxylic acids is 1. The van der Waals surface area contributed by atoms with Crippen molar-refractivity contribution in [2.24, 2.45) is 5.92 Å². The number of unbranched alkanes of at least 4 members (excludes halogenated alkanes) is 1. The molecule has 2 N–H and O–H groups in total. The van der Waals surface area contributed by atoms with Crippen LogP contribution in [0.15, 0.2) is 24.3 Å². The number of benzene rings is 1. The number of aliphatic hydroxyl groups excluding tert-OH is 1. The molecule has 0 aliphatic heterocycles. The standard InChI is InChI=1S/C21H29ClN2O4/c1-4-5-6-19-23-20(22)17(13-25)24(19)12-15-7-9-16(10-8-15)28-18(21(26)27)11-14(2)3/h7-10,14,18,25H,4-6,11-13H2,1-3H3,(H,26,27). The van der Waals surface area contributed by atoms with Crippen molar-refractivity contribution in [1.29, 1.82) is 0 Å². The number of aryl methyl sites for hydroxylation is 1. The quantitative estimate of drug-likeness (QED) is 0.579. The van der Waals surface area contributed by atoms with Crippen molar-refractivity contribution >= 4 is 17.6 Å². The molecule has 1 aromatic heterocycles. The van der Waals surface area contributed by atoms with Crippen LogP contribution in [0.1, 0.15) is 57.1 Å². The Bertz CT molecular complexity index is 771. The lowest BCUT2D eigenvalue weighted by atomic mass is 10.1. The largest absolute Gasteiger partial charge is 0.479 e. The Kier molecular flexibility index (Phi) is 8.33. The fraction of sp³-hybridized carbons (Fsp3) is 0.524. The van der Waals surface area contributed by atoms with Gasteiger partial charge in [-0.05, 0) is 36.5 Å². The van der Waals surface area contributed by atoms with Gasteiger partial charge in [0.05, 0.1) is 12.3 Å². The second-order valence-electron chi connectivity index (χ2n) is 7.33. The van der Waals surface area contributed by atoms with Gasteiger partial charge in [0.2, 0.25) is 0 Å². The lowest BCUT2D eigenvalue weighted by molar-refractivity contribution is -0.145. The number of aliphatic hydroxyl groups is 1. The topological polar surface area (TPSA) is 84.6 Å². The van der Waals surface area contributed by atoms with Gasteiger partial charge in [0.15, 0.2) is 11.3 Å². The number of rotatable bonds is 11. The molecule has 2 aromatic rings. The van der Waals surface area contributed by atoms with Crippen molar-refractivity contribution in [3.8, 4) is 5.75 Å². The summed E-state index contributed by atoms with van der Waals surface area (Å²) in [6, 6.07) is 7.33. The SMILES string of the molecule is CCCCc1nc(Cl)c(CO)n1Cc1ccc(OC(CC(C)C)C(=O)O)cc1. The molecule has 1 atom stereocenters. The van der Waals surface area contributed by atoms with E-state index in [0.29, 0.717) is 29.6 Å². The van der Waals surface area contributed by atoms with Crippen LogP contribution in [-0.4, -0.2) is 31.8 Å². The van der Waals surface area contributed by atoms with Gasteiger partial charge in [-0.15, -0.1) is 0 Å². The van der Waals surface area contributed by atoms with Crippen LogP contribution in [0.4, 0.5) is 0 Å². The van der Waals surface area contributed by atoms with Gasteiger partial charge in [-0.25, -0.2) is 9.78 Å². The van der Waals surface area contributed by atoms with E-state index in [9.17, 15) is 15.0 Å². The van der Waals surface area contributed by atoms with E-state index in [2.05, 4.69) is 11.9 Å². The van der Waals surface area contributed by atoms with E-state index in [1.54, 1.807) is 12.1 Å². The highest BCUT2D eigenvalue weighted by molar-refractivity contribution is 6.30. The number of hydrogen-bond donors (Lipinski definition) is 2. The molecular formula is C21H29ClN2O4. The van der Waals surface area contributed by atoms with E-state index < -0.39 is 12.1 Å².